The second-order valence-electron chi connectivity index (χ2n) is 6.57. The first-order valence-corrected chi connectivity index (χ1v) is 10.1. The van der Waals surface area contributed by atoms with Gasteiger partial charge in [-0.2, -0.15) is 0 Å². The van der Waals surface area contributed by atoms with Gasteiger partial charge in [-0.1, -0.05) is 30.0 Å². The van der Waals surface area contributed by atoms with E-state index >= 15 is 0 Å². The molecule has 1 aromatic heterocycles. The monoisotopic (exact) mass is 370 g/mol. The number of carbonyl (C=O) groups excluding carboxylic acids is 2. The van der Waals surface area contributed by atoms with Crippen molar-refractivity contribution in [3.63, 3.8) is 0 Å². The molecule has 136 valence electrons. The maximum absolute atomic E-state index is 11.6. The third-order valence-corrected chi connectivity index (χ3v) is 5.84. The number of nitrogens with zero attached hydrogens (tertiary/aromatic N) is 3. The highest BCUT2D eigenvalue weighted by Crippen LogP contribution is 2.30. The number of imide groups is 1. The largest absolute Gasteiger partial charge is 0.329 e. The van der Waals surface area contributed by atoms with Gasteiger partial charge in [0.25, 0.3) is 0 Å². The smallest absolute Gasteiger partial charge is 0.324 e. The molecule has 0 saturated carbocycles. The van der Waals surface area contributed by atoms with Crippen LogP contribution in [0.2, 0.25) is 0 Å². The summed E-state index contributed by atoms with van der Waals surface area (Å²) in [6.07, 6.45) is 5.29. The van der Waals surface area contributed by atoms with E-state index in [2.05, 4.69) is 34.1 Å². The first kappa shape index (κ1) is 17.1. The molecule has 1 N–H and O–H groups in total. The lowest BCUT2D eigenvalue weighted by atomic mass is 10.0. The van der Waals surface area contributed by atoms with E-state index in [1.54, 1.807) is 11.8 Å². The summed E-state index contributed by atoms with van der Waals surface area (Å²) in [7, 11) is 0. The highest BCUT2D eigenvalue weighted by atomic mass is 32.2. The van der Waals surface area contributed by atoms with Crippen LogP contribution >= 0.6 is 11.8 Å². The van der Waals surface area contributed by atoms with E-state index in [9.17, 15) is 9.59 Å². The lowest BCUT2D eigenvalue weighted by molar-refractivity contribution is -0.124. The van der Waals surface area contributed by atoms with Crippen LogP contribution in [-0.4, -0.2) is 45.2 Å². The molecule has 26 heavy (non-hydrogen) atoms. The van der Waals surface area contributed by atoms with Crippen LogP contribution in [0.25, 0.3) is 5.69 Å². The van der Waals surface area contributed by atoms with Gasteiger partial charge in [0.15, 0.2) is 5.16 Å². The lowest BCUT2D eigenvalue weighted by Gasteiger charge is -2.15. The first-order valence-electron chi connectivity index (χ1n) is 9.11. The number of thioether (sulfide) groups is 1. The first-order chi connectivity index (χ1) is 12.7. The number of aryl methyl sites for hydroxylation is 1. The molecule has 2 heterocycles. The number of hydrogen-bond acceptors (Lipinski definition) is 4. The van der Waals surface area contributed by atoms with Gasteiger partial charge >= 0.3 is 6.03 Å². The molecule has 2 aliphatic rings. The van der Waals surface area contributed by atoms with Crippen molar-refractivity contribution in [3.8, 4) is 5.69 Å². The highest BCUT2D eigenvalue weighted by molar-refractivity contribution is 7.99. The van der Waals surface area contributed by atoms with Crippen LogP contribution in [0, 0.1) is 0 Å². The van der Waals surface area contributed by atoms with Gasteiger partial charge in [0.05, 0.1) is 12.2 Å². The Morgan fingerprint density at radius 2 is 1.92 bits per heavy atom. The second kappa shape index (κ2) is 7.53. The molecule has 3 amide bonds. The number of nitrogens with one attached hydrogen (secondary N) is 1. The molecule has 7 heteroatoms. The minimum Gasteiger partial charge on any atom is -0.329 e. The molecule has 1 aromatic carbocycles. The Labute approximate surface area is 157 Å². The summed E-state index contributed by atoms with van der Waals surface area (Å²) < 4.78 is 2.28. The average molecular weight is 370 g/mol. The fourth-order valence-electron chi connectivity index (χ4n) is 3.52. The molecule has 6 nitrogen and oxygen atoms in total. The summed E-state index contributed by atoms with van der Waals surface area (Å²) in [4.78, 5) is 29.4. The van der Waals surface area contributed by atoms with Gasteiger partial charge < -0.3 is 5.32 Å². The molecule has 0 unspecified atom stereocenters. The van der Waals surface area contributed by atoms with Gasteiger partial charge in [-0.25, -0.2) is 9.78 Å². The molecule has 1 aliphatic carbocycles. The average Bonchev–Trinajstić information content (AvgIpc) is 3.19. The third kappa shape index (κ3) is 3.35. The Balaban J connectivity index is 1.47. The summed E-state index contributed by atoms with van der Waals surface area (Å²) in [6.45, 7) is 0.584. The summed E-state index contributed by atoms with van der Waals surface area (Å²) >= 11 is 1.70. The van der Waals surface area contributed by atoms with Crippen LogP contribution in [0.15, 0.2) is 35.5 Å². The Bertz CT molecular complexity index is 802. The van der Waals surface area contributed by atoms with Crippen molar-refractivity contribution in [2.45, 2.75) is 37.3 Å². The topological polar surface area (TPSA) is 67.2 Å². The molecule has 1 aliphatic heterocycles. The van der Waals surface area contributed by atoms with E-state index in [0.29, 0.717) is 6.54 Å². The fraction of sp³-hybridized carbons (Fsp3) is 0.421. The second-order valence-corrected chi connectivity index (χ2v) is 7.63. The number of imidazole rings is 1. The molecule has 0 radical (unpaired) electrons. The van der Waals surface area contributed by atoms with E-state index in [1.807, 2.05) is 6.07 Å². The Hall–Kier alpha value is -2.28. The number of urea groups is 1. The summed E-state index contributed by atoms with van der Waals surface area (Å²) in [5.41, 5.74) is 3.70. The van der Waals surface area contributed by atoms with Crippen molar-refractivity contribution >= 4 is 23.7 Å². The normalized spacial score (nSPS) is 16.7. The van der Waals surface area contributed by atoms with Gasteiger partial charge in [0.1, 0.15) is 0 Å². The van der Waals surface area contributed by atoms with Gasteiger partial charge in [0.2, 0.25) is 5.91 Å². The molecular weight excluding hydrogens is 348 g/mol. The number of para-hydroxylation sites is 1. The van der Waals surface area contributed by atoms with Crippen LogP contribution < -0.4 is 5.32 Å². The minimum atomic E-state index is -0.277. The SMILES string of the molecule is O=C1CNC(=O)N1CCCSc1nc2c(n1-c1ccccc1)CCCC2. The van der Waals surface area contributed by atoms with Gasteiger partial charge in [-0.05, 0) is 44.2 Å². The predicted molar refractivity (Wildman–Crippen MR) is 101 cm³/mol. The third-order valence-electron chi connectivity index (χ3n) is 4.81. The van der Waals surface area contributed by atoms with Crippen LogP contribution in [0.3, 0.4) is 0 Å². The van der Waals surface area contributed by atoms with Crippen LogP contribution in [0.1, 0.15) is 30.7 Å². The number of benzene rings is 1. The van der Waals surface area contributed by atoms with E-state index in [1.165, 1.54) is 29.1 Å². The number of rotatable bonds is 6. The molecule has 0 bridgehead atoms. The zero-order chi connectivity index (χ0) is 17.9. The van der Waals surface area contributed by atoms with Crippen LogP contribution in [0.5, 0.6) is 0 Å². The maximum Gasteiger partial charge on any atom is 0.324 e. The molecule has 0 spiro atoms. The van der Waals surface area contributed by atoms with Crippen molar-refractivity contribution in [1.29, 1.82) is 0 Å². The Morgan fingerprint density at radius 3 is 2.69 bits per heavy atom. The Kier molecular flexibility index (Phi) is 4.97. The molecular formula is C19H22N4O2S. The van der Waals surface area contributed by atoms with Crippen molar-refractivity contribution < 1.29 is 9.59 Å². The lowest BCUT2D eigenvalue weighted by Crippen LogP contribution is -2.32. The van der Waals surface area contributed by atoms with E-state index in [0.717, 1.165) is 35.9 Å². The predicted octanol–water partition coefficient (Wildman–Crippen LogP) is 2.79. The van der Waals surface area contributed by atoms with E-state index in [-0.39, 0.29) is 18.5 Å². The van der Waals surface area contributed by atoms with Crippen LogP contribution in [0.4, 0.5) is 4.79 Å². The zero-order valence-electron chi connectivity index (χ0n) is 14.6. The van der Waals surface area contributed by atoms with E-state index in [4.69, 9.17) is 4.98 Å². The van der Waals surface area contributed by atoms with Crippen molar-refractivity contribution in [2.75, 3.05) is 18.8 Å². The number of aromatic nitrogens is 2. The molecule has 4 rings (SSSR count). The van der Waals surface area contributed by atoms with Crippen LogP contribution in [-0.2, 0) is 17.6 Å². The molecule has 0 atom stereocenters. The zero-order valence-corrected chi connectivity index (χ0v) is 15.4. The van der Waals surface area contributed by atoms with E-state index < -0.39 is 0 Å². The highest BCUT2D eigenvalue weighted by Gasteiger charge is 2.27. The molecule has 2 aromatic rings. The van der Waals surface area contributed by atoms with Gasteiger partial charge in [0, 0.05) is 23.7 Å². The summed E-state index contributed by atoms with van der Waals surface area (Å²) in [5, 5.41) is 3.57. The van der Waals surface area contributed by atoms with Crippen molar-refractivity contribution in [3.05, 3.63) is 41.7 Å². The quantitative estimate of drug-likeness (QED) is 0.482. The number of carbonyl (C=O) groups is 2. The fourth-order valence-corrected chi connectivity index (χ4v) is 4.50. The molecule has 1 fully saturated rings. The maximum atomic E-state index is 11.6. The molecule has 1 saturated heterocycles. The number of amides is 3. The van der Waals surface area contributed by atoms with Gasteiger partial charge in [-0.3, -0.25) is 14.3 Å². The van der Waals surface area contributed by atoms with Gasteiger partial charge in [-0.15, -0.1) is 0 Å². The summed E-state index contributed by atoms with van der Waals surface area (Å²) in [6, 6.07) is 10.1. The Morgan fingerprint density at radius 1 is 1.12 bits per heavy atom. The number of hydrogen-bond donors (Lipinski definition) is 1. The van der Waals surface area contributed by atoms with Crippen molar-refractivity contribution in [2.24, 2.45) is 0 Å². The summed E-state index contributed by atoms with van der Waals surface area (Å²) in [5.74, 6) is 0.682. The standard InChI is InChI=1S/C19H22N4O2S/c24-17-13-20-18(25)22(17)11-6-12-26-19-21-15-9-4-5-10-16(15)23(19)14-7-2-1-3-8-14/h1-3,7-8H,4-6,9-13H2,(H,20,25). The number of fused-ring (bicyclic) bond motifs is 1. The minimum absolute atomic E-state index is 0.122. The van der Waals surface area contributed by atoms with Crippen molar-refractivity contribution in [1.82, 2.24) is 19.8 Å².